The number of hydrogen-bond donors (Lipinski definition) is 2. The zero-order chi connectivity index (χ0) is 17.5. The molecule has 1 fully saturated rings. The molecule has 0 spiro atoms. The number of anilines is 2. The Morgan fingerprint density at radius 3 is 2.80 bits per heavy atom. The van der Waals surface area contributed by atoms with E-state index in [1.54, 1.807) is 12.4 Å². The minimum atomic E-state index is -0.0545. The smallest absolute Gasteiger partial charge is 0.253 e. The number of nitrogens with one attached hydrogen (secondary N) is 2. The molecule has 25 heavy (non-hydrogen) atoms. The number of para-hydroxylation sites is 2. The van der Waals surface area contributed by atoms with Gasteiger partial charge in [0.05, 0.1) is 29.7 Å². The Balaban J connectivity index is 1.70. The fourth-order valence-corrected chi connectivity index (χ4v) is 3.15. The molecule has 2 N–H and O–H groups in total. The third kappa shape index (κ3) is 4.72. The summed E-state index contributed by atoms with van der Waals surface area (Å²) < 4.78 is 5.63. The number of hydrogen-bond acceptors (Lipinski definition) is 4. The molecule has 2 aromatic rings. The lowest BCUT2D eigenvalue weighted by molar-refractivity contribution is 0.0927. The topological polar surface area (TPSA) is 63.2 Å². The Morgan fingerprint density at radius 1 is 1.20 bits per heavy atom. The van der Waals surface area contributed by atoms with Crippen molar-refractivity contribution in [1.29, 1.82) is 0 Å². The van der Waals surface area contributed by atoms with Crippen LogP contribution in [0.4, 0.5) is 11.4 Å². The molecule has 1 aromatic heterocycles. The highest BCUT2D eigenvalue weighted by atomic mass is 16.5. The Labute approximate surface area is 148 Å². The average molecular weight is 339 g/mol. The van der Waals surface area contributed by atoms with Crippen LogP contribution in [-0.2, 0) is 0 Å². The standard InChI is InChI=1S/C20H25N3O2/c1-2-25-19-11-7-6-10-18(19)22-17-12-15(13-21-14-17)20(24)23-16-8-4-3-5-9-16/h6-7,10-14,16,22H,2-5,8-9H2,1H3,(H,23,24). The number of aromatic nitrogens is 1. The van der Waals surface area contributed by atoms with E-state index in [4.69, 9.17) is 4.74 Å². The highest BCUT2D eigenvalue weighted by Gasteiger charge is 2.17. The minimum absolute atomic E-state index is 0.0545. The first kappa shape index (κ1) is 17.3. The predicted octanol–water partition coefficient (Wildman–Crippen LogP) is 4.29. The largest absolute Gasteiger partial charge is 0.492 e. The maximum Gasteiger partial charge on any atom is 0.253 e. The van der Waals surface area contributed by atoms with E-state index in [0.717, 1.165) is 30.0 Å². The maximum absolute atomic E-state index is 12.5. The first-order valence-corrected chi connectivity index (χ1v) is 9.01. The molecule has 0 saturated heterocycles. The van der Waals surface area contributed by atoms with E-state index in [2.05, 4.69) is 15.6 Å². The lowest BCUT2D eigenvalue weighted by Gasteiger charge is -2.22. The summed E-state index contributed by atoms with van der Waals surface area (Å²) in [6, 6.07) is 9.85. The molecule has 5 heteroatoms. The molecule has 132 valence electrons. The molecular weight excluding hydrogens is 314 g/mol. The van der Waals surface area contributed by atoms with Gasteiger partial charge < -0.3 is 15.4 Å². The number of benzene rings is 1. The number of nitrogens with zero attached hydrogens (tertiary/aromatic N) is 1. The monoisotopic (exact) mass is 339 g/mol. The van der Waals surface area contributed by atoms with Crippen LogP contribution in [0.1, 0.15) is 49.4 Å². The predicted molar refractivity (Wildman–Crippen MR) is 99.5 cm³/mol. The molecule has 0 radical (unpaired) electrons. The lowest BCUT2D eigenvalue weighted by Crippen LogP contribution is -2.36. The lowest BCUT2D eigenvalue weighted by atomic mass is 9.95. The number of pyridine rings is 1. The third-order valence-electron chi connectivity index (χ3n) is 4.41. The SMILES string of the molecule is CCOc1ccccc1Nc1cncc(C(=O)NC2CCCCC2)c1. The Kier molecular flexibility index (Phi) is 5.88. The van der Waals surface area contributed by atoms with Crippen molar-refractivity contribution in [3.63, 3.8) is 0 Å². The number of amides is 1. The molecule has 1 amide bonds. The van der Waals surface area contributed by atoms with Crippen molar-refractivity contribution in [2.75, 3.05) is 11.9 Å². The molecule has 0 aliphatic heterocycles. The molecular formula is C20H25N3O2. The number of carbonyl (C=O) groups excluding carboxylic acids is 1. The fourth-order valence-electron chi connectivity index (χ4n) is 3.15. The average Bonchev–Trinajstić information content (AvgIpc) is 2.65. The van der Waals surface area contributed by atoms with Gasteiger partial charge in [0.2, 0.25) is 0 Å². The van der Waals surface area contributed by atoms with Crippen molar-refractivity contribution in [3.8, 4) is 5.75 Å². The second kappa shape index (κ2) is 8.51. The summed E-state index contributed by atoms with van der Waals surface area (Å²) in [6.07, 6.45) is 9.11. The van der Waals surface area contributed by atoms with Gasteiger partial charge in [-0.15, -0.1) is 0 Å². The Bertz CT molecular complexity index is 712. The highest BCUT2D eigenvalue weighted by molar-refractivity contribution is 5.95. The zero-order valence-electron chi connectivity index (χ0n) is 14.6. The molecule has 3 rings (SSSR count). The summed E-state index contributed by atoms with van der Waals surface area (Å²) in [5.74, 6) is 0.725. The molecule has 1 aliphatic rings. The molecule has 1 saturated carbocycles. The number of carbonyl (C=O) groups is 1. The van der Waals surface area contributed by atoms with Crippen molar-refractivity contribution in [2.24, 2.45) is 0 Å². The maximum atomic E-state index is 12.5. The quantitative estimate of drug-likeness (QED) is 0.824. The van der Waals surface area contributed by atoms with Crippen LogP contribution >= 0.6 is 0 Å². The van der Waals surface area contributed by atoms with Gasteiger partial charge in [-0.05, 0) is 38.0 Å². The first-order chi connectivity index (χ1) is 12.3. The second-order valence-corrected chi connectivity index (χ2v) is 6.32. The molecule has 1 aliphatic carbocycles. The van der Waals surface area contributed by atoms with Crippen LogP contribution in [0, 0.1) is 0 Å². The van der Waals surface area contributed by atoms with Crippen molar-refractivity contribution in [1.82, 2.24) is 10.3 Å². The van der Waals surface area contributed by atoms with E-state index in [1.165, 1.54) is 19.3 Å². The summed E-state index contributed by atoms with van der Waals surface area (Å²) >= 11 is 0. The summed E-state index contributed by atoms with van der Waals surface area (Å²) in [4.78, 5) is 16.7. The van der Waals surface area contributed by atoms with E-state index < -0.39 is 0 Å². The highest BCUT2D eigenvalue weighted by Crippen LogP contribution is 2.27. The Morgan fingerprint density at radius 2 is 2.00 bits per heavy atom. The summed E-state index contributed by atoms with van der Waals surface area (Å²) in [7, 11) is 0. The van der Waals surface area contributed by atoms with Crippen LogP contribution in [-0.4, -0.2) is 23.5 Å². The molecule has 0 atom stereocenters. The summed E-state index contributed by atoms with van der Waals surface area (Å²) in [6.45, 7) is 2.55. The van der Waals surface area contributed by atoms with Gasteiger partial charge in [0.25, 0.3) is 5.91 Å². The summed E-state index contributed by atoms with van der Waals surface area (Å²) in [5, 5.41) is 6.42. The minimum Gasteiger partial charge on any atom is -0.492 e. The van der Waals surface area contributed by atoms with Crippen LogP contribution in [0.5, 0.6) is 5.75 Å². The molecule has 0 bridgehead atoms. The van der Waals surface area contributed by atoms with E-state index in [9.17, 15) is 4.79 Å². The second-order valence-electron chi connectivity index (χ2n) is 6.32. The summed E-state index contributed by atoms with van der Waals surface area (Å²) in [5.41, 5.74) is 2.20. The van der Waals surface area contributed by atoms with Gasteiger partial charge in [0, 0.05) is 12.2 Å². The van der Waals surface area contributed by atoms with Crippen LogP contribution in [0.15, 0.2) is 42.7 Å². The van der Waals surface area contributed by atoms with Gasteiger partial charge in [0.1, 0.15) is 5.75 Å². The third-order valence-corrected chi connectivity index (χ3v) is 4.41. The normalized spacial score (nSPS) is 14.8. The van der Waals surface area contributed by atoms with E-state index in [0.29, 0.717) is 12.2 Å². The first-order valence-electron chi connectivity index (χ1n) is 9.01. The number of rotatable bonds is 6. The molecule has 0 unspecified atom stereocenters. The molecule has 1 aromatic carbocycles. The van der Waals surface area contributed by atoms with Gasteiger partial charge in [-0.3, -0.25) is 9.78 Å². The molecule has 1 heterocycles. The van der Waals surface area contributed by atoms with Crippen LogP contribution < -0.4 is 15.4 Å². The van der Waals surface area contributed by atoms with E-state index in [1.807, 2.05) is 37.3 Å². The van der Waals surface area contributed by atoms with Gasteiger partial charge in [-0.2, -0.15) is 0 Å². The van der Waals surface area contributed by atoms with Crippen molar-refractivity contribution >= 4 is 17.3 Å². The van der Waals surface area contributed by atoms with Crippen LogP contribution in [0.2, 0.25) is 0 Å². The van der Waals surface area contributed by atoms with Crippen molar-refractivity contribution in [2.45, 2.75) is 45.1 Å². The van der Waals surface area contributed by atoms with Gasteiger partial charge >= 0.3 is 0 Å². The van der Waals surface area contributed by atoms with E-state index >= 15 is 0 Å². The fraction of sp³-hybridized carbons (Fsp3) is 0.400. The van der Waals surface area contributed by atoms with Crippen LogP contribution in [0.25, 0.3) is 0 Å². The van der Waals surface area contributed by atoms with Crippen LogP contribution in [0.3, 0.4) is 0 Å². The Hall–Kier alpha value is -2.56. The van der Waals surface area contributed by atoms with E-state index in [-0.39, 0.29) is 11.9 Å². The zero-order valence-corrected chi connectivity index (χ0v) is 14.6. The molecule has 5 nitrogen and oxygen atoms in total. The van der Waals surface area contributed by atoms with Crippen molar-refractivity contribution in [3.05, 3.63) is 48.3 Å². The van der Waals surface area contributed by atoms with Gasteiger partial charge in [-0.1, -0.05) is 31.4 Å². The van der Waals surface area contributed by atoms with Crippen molar-refractivity contribution < 1.29 is 9.53 Å². The number of ether oxygens (including phenoxy) is 1. The van der Waals surface area contributed by atoms with Gasteiger partial charge in [0.15, 0.2) is 0 Å². The van der Waals surface area contributed by atoms with Gasteiger partial charge in [-0.25, -0.2) is 0 Å².